The first-order valence-electron chi connectivity index (χ1n) is 4.95. The highest BCUT2D eigenvalue weighted by atomic mass is 16.3. The maximum atomic E-state index is 11.9. The molecule has 78 valence electrons. The molecule has 0 unspecified atom stereocenters. The van der Waals surface area contributed by atoms with Crippen molar-refractivity contribution in [1.29, 1.82) is 0 Å². The molecule has 2 aliphatic rings. The minimum Gasteiger partial charge on any atom is -0.395 e. The van der Waals surface area contributed by atoms with Crippen LogP contribution in [0.2, 0.25) is 0 Å². The molecule has 0 bridgehead atoms. The lowest BCUT2D eigenvalue weighted by atomic mass is 9.98. The summed E-state index contributed by atoms with van der Waals surface area (Å²) in [5, 5.41) is 11.5. The van der Waals surface area contributed by atoms with E-state index in [1.165, 1.54) is 0 Å². The summed E-state index contributed by atoms with van der Waals surface area (Å²) in [7, 11) is 0. The van der Waals surface area contributed by atoms with Crippen LogP contribution in [0, 0.1) is 0 Å². The maximum absolute atomic E-state index is 11.9. The largest absolute Gasteiger partial charge is 0.395 e. The molecule has 2 rings (SSSR count). The van der Waals surface area contributed by atoms with Gasteiger partial charge in [-0.2, -0.15) is 0 Å². The molecular formula is C9H14N2O3. The average Bonchev–Trinajstić information content (AvgIpc) is 2.69. The van der Waals surface area contributed by atoms with E-state index >= 15 is 0 Å². The Morgan fingerprint density at radius 1 is 1.36 bits per heavy atom. The van der Waals surface area contributed by atoms with Gasteiger partial charge in [0.2, 0.25) is 0 Å². The van der Waals surface area contributed by atoms with E-state index in [9.17, 15) is 9.59 Å². The molecule has 5 nitrogen and oxygen atoms in total. The molecule has 1 aliphatic heterocycles. The first-order valence-corrected chi connectivity index (χ1v) is 4.95. The number of β-amino-alcohol motifs (C(OH)–C–C–N with tert-alkyl or cyclic N) is 1. The lowest BCUT2D eigenvalue weighted by molar-refractivity contribution is -0.131. The number of imide groups is 1. The zero-order chi connectivity index (χ0) is 10.2. The van der Waals surface area contributed by atoms with Gasteiger partial charge >= 0.3 is 6.03 Å². The monoisotopic (exact) mass is 198 g/mol. The third kappa shape index (κ3) is 1.19. The third-order valence-corrected chi connectivity index (χ3v) is 3.03. The maximum Gasteiger partial charge on any atom is 0.325 e. The SMILES string of the molecule is O=C1NC2(CCCC2)C(=O)N1CCO. The van der Waals surface area contributed by atoms with Gasteiger partial charge in [0.15, 0.2) is 0 Å². The first kappa shape index (κ1) is 9.45. The number of rotatable bonds is 2. The molecule has 2 fully saturated rings. The number of hydrogen-bond acceptors (Lipinski definition) is 3. The summed E-state index contributed by atoms with van der Waals surface area (Å²) in [6, 6.07) is -0.356. The van der Waals surface area contributed by atoms with Crippen molar-refractivity contribution in [2.75, 3.05) is 13.2 Å². The fourth-order valence-electron chi connectivity index (χ4n) is 2.30. The quantitative estimate of drug-likeness (QED) is 0.606. The minimum atomic E-state index is -0.633. The normalized spacial score (nSPS) is 24.8. The van der Waals surface area contributed by atoms with Crippen molar-refractivity contribution >= 4 is 11.9 Å². The number of nitrogens with zero attached hydrogens (tertiary/aromatic N) is 1. The molecule has 0 aromatic rings. The second-order valence-corrected chi connectivity index (χ2v) is 3.90. The fourth-order valence-corrected chi connectivity index (χ4v) is 2.30. The Hall–Kier alpha value is -1.10. The van der Waals surface area contributed by atoms with E-state index in [1.54, 1.807) is 0 Å². The highest BCUT2D eigenvalue weighted by Gasteiger charge is 2.51. The third-order valence-electron chi connectivity index (χ3n) is 3.03. The van der Waals surface area contributed by atoms with Gasteiger partial charge in [0.25, 0.3) is 5.91 Å². The molecule has 0 atom stereocenters. The Balaban J connectivity index is 2.18. The van der Waals surface area contributed by atoms with Crippen molar-refractivity contribution in [1.82, 2.24) is 10.2 Å². The van der Waals surface area contributed by atoms with Crippen LogP contribution in [0.3, 0.4) is 0 Å². The Labute approximate surface area is 82.1 Å². The lowest BCUT2D eigenvalue weighted by Crippen LogP contribution is -2.44. The molecule has 1 saturated heterocycles. The zero-order valence-electron chi connectivity index (χ0n) is 7.95. The topological polar surface area (TPSA) is 69.6 Å². The van der Waals surface area contributed by atoms with Gasteiger partial charge in [-0.1, -0.05) is 12.8 Å². The van der Waals surface area contributed by atoms with Crippen LogP contribution in [0.1, 0.15) is 25.7 Å². The summed E-state index contributed by atoms with van der Waals surface area (Å²) < 4.78 is 0. The second-order valence-electron chi connectivity index (χ2n) is 3.90. The first-order chi connectivity index (χ1) is 6.69. The van der Waals surface area contributed by atoms with Crippen LogP contribution in [0.15, 0.2) is 0 Å². The molecule has 14 heavy (non-hydrogen) atoms. The van der Waals surface area contributed by atoms with E-state index in [0.717, 1.165) is 30.6 Å². The number of urea groups is 1. The van der Waals surface area contributed by atoms with E-state index in [1.807, 2.05) is 0 Å². The minimum absolute atomic E-state index is 0.104. The Bertz CT molecular complexity index is 271. The predicted octanol–water partition coefficient (Wildman–Crippen LogP) is -0.157. The van der Waals surface area contributed by atoms with Gasteiger partial charge in [-0.05, 0) is 12.8 Å². The number of aliphatic hydroxyl groups is 1. The molecule has 5 heteroatoms. The van der Waals surface area contributed by atoms with E-state index in [4.69, 9.17) is 5.11 Å². The number of carbonyl (C=O) groups excluding carboxylic acids is 2. The summed E-state index contributed by atoms with van der Waals surface area (Å²) in [6.45, 7) is -0.0678. The van der Waals surface area contributed by atoms with Gasteiger partial charge in [0.1, 0.15) is 5.54 Å². The number of aliphatic hydroxyl groups excluding tert-OH is 1. The Kier molecular flexibility index (Phi) is 2.19. The predicted molar refractivity (Wildman–Crippen MR) is 48.5 cm³/mol. The van der Waals surface area contributed by atoms with E-state index in [2.05, 4.69) is 5.32 Å². The van der Waals surface area contributed by atoms with Gasteiger partial charge < -0.3 is 10.4 Å². The van der Waals surface area contributed by atoms with Gasteiger partial charge in [-0.3, -0.25) is 9.69 Å². The van der Waals surface area contributed by atoms with Crippen LogP contribution in [-0.4, -0.2) is 40.6 Å². The molecule has 3 amide bonds. The Morgan fingerprint density at radius 3 is 2.57 bits per heavy atom. The average molecular weight is 198 g/mol. The summed E-state index contributed by atoms with van der Waals surface area (Å²) in [6.07, 6.45) is 3.44. The van der Waals surface area contributed by atoms with Crippen LogP contribution in [-0.2, 0) is 4.79 Å². The fraction of sp³-hybridized carbons (Fsp3) is 0.778. The van der Waals surface area contributed by atoms with Crippen molar-refractivity contribution in [3.63, 3.8) is 0 Å². The van der Waals surface area contributed by atoms with Crippen LogP contribution in [0.4, 0.5) is 4.79 Å². The molecule has 1 spiro atoms. The van der Waals surface area contributed by atoms with Gasteiger partial charge in [-0.25, -0.2) is 4.79 Å². The van der Waals surface area contributed by atoms with Gasteiger partial charge in [0, 0.05) is 0 Å². The van der Waals surface area contributed by atoms with Gasteiger partial charge in [0.05, 0.1) is 13.2 Å². The summed E-state index contributed by atoms with van der Waals surface area (Å²) in [5.74, 6) is -0.158. The number of nitrogens with one attached hydrogen (secondary N) is 1. The molecule has 0 radical (unpaired) electrons. The van der Waals surface area contributed by atoms with Crippen molar-refractivity contribution in [2.24, 2.45) is 0 Å². The lowest BCUT2D eigenvalue weighted by Gasteiger charge is -2.19. The van der Waals surface area contributed by atoms with Gasteiger partial charge in [-0.15, -0.1) is 0 Å². The molecule has 1 heterocycles. The molecule has 2 N–H and O–H groups in total. The smallest absolute Gasteiger partial charge is 0.325 e. The molecule has 0 aromatic heterocycles. The highest BCUT2D eigenvalue weighted by Crippen LogP contribution is 2.34. The Morgan fingerprint density at radius 2 is 2.00 bits per heavy atom. The van der Waals surface area contributed by atoms with Crippen LogP contribution in [0.5, 0.6) is 0 Å². The summed E-state index contributed by atoms with van der Waals surface area (Å²) in [4.78, 5) is 24.4. The van der Waals surface area contributed by atoms with Crippen LogP contribution in [0.25, 0.3) is 0 Å². The van der Waals surface area contributed by atoms with Crippen molar-refractivity contribution in [2.45, 2.75) is 31.2 Å². The van der Waals surface area contributed by atoms with Crippen molar-refractivity contribution in [3.8, 4) is 0 Å². The van der Waals surface area contributed by atoms with Crippen molar-refractivity contribution in [3.05, 3.63) is 0 Å². The van der Waals surface area contributed by atoms with Crippen LogP contribution < -0.4 is 5.32 Å². The van der Waals surface area contributed by atoms with E-state index in [-0.39, 0.29) is 25.1 Å². The standard InChI is InChI=1S/C9H14N2O3/c12-6-5-11-7(13)9(10-8(11)14)3-1-2-4-9/h12H,1-6H2,(H,10,14). The van der Waals surface area contributed by atoms with E-state index in [0.29, 0.717) is 0 Å². The highest BCUT2D eigenvalue weighted by molar-refractivity contribution is 6.07. The number of hydrogen-bond donors (Lipinski definition) is 2. The molecule has 1 aliphatic carbocycles. The van der Waals surface area contributed by atoms with E-state index < -0.39 is 5.54 Å². The molecular weight excluding hydrogens is 184 g/mol. The summed E-state index contributed by atoms with van der Waals surface area (Å²) >= 11 is 0. The summed E-state index contributed by atoms with van der Waals surface area (Å²) in [5.41, 5.74) is -0.633. The van der Waals surface area contributed by atoms with Crippen LogP contribution >= 0.6 is 0 Å². The number of amides is 3. The number of carbonyl (C=O) groups is 2. The molecule has 1 saturated carbocycles. The second kappa shape index (κ2) is 3.24. The molecule has 0 aromatic carbocycles. The zero-order valence-corrected chi connectivity index (χ0v) is 7.95. The van der Waals surface area contributed by atoms with Crippen molar-refractivity contribution < 1.29 is 14.7 Å².